The quantitative estimate of drug-likeness (QED) is 0.748. The molecular weight excluding hydrogens is 216 g/mol. The Morgan fingerprint density at radius 1 is 1.35 bits per heavy atom. The van der Waals surface area contributed by atoms with Gasteiger partial charge in [0.05, 0.1) is 0 Å². The molecule has 1 heterocycles. The lowest BCUT2D eigenvalue weighted by molar-refractivity contribution is 0.242. The van der Waals surface area contributed by atoms with Gasteiger partial charge in [-0.25, -0.2) is 9.78 Å². The van der Waals surface area contributed by atoms with E-state index in [0.29, 0.717) is 6.54 Å². The zero-order valence-electron chi connectivity index (χ0n) is 9.53. The number of carbonyl (C=O) groups is 1. The Morgan fingerprint density at radius 2 is 2.12 bits per heavy atom. The Hall–Kier alpha value is -2.30. The van der Waals surface area contributed by atoms with E-state index >= 15 is 0 Å². The fourth-order valence-electron chi connectivity index (χ4n) is 1.47. The van der Waals surface area contributed by atoms with Crippen LogP contribution in [0.4, 0.5) is 4.79 Å². The van der Waals surface area contributed by atoms with Crippen LogP contribution >= 0.6 is 0 Å². The first-order valence-corrected chi connectivity index (χ1v) is 5.34. The van der Waals surface area contributed by atoms with Gasteiger partial charge in [0.25, 0.3) is 0 Å². The number of imidazole rings is 1. The van der Waals surface area contributed by atoms with Crippen molar-refractivity contribution in [2.24, 2.45) is 0 Å². The zero-order chi connectivity index (χ0) is 12.1. The summed E-state index contributed by atoms with van der Waals surface area (Å²) in [6.07, 6.45) is 3.51. The van der Waals surface area contributed by atoms with E-state index in [0.717, 1.165) is 17.0 Å². The van der Waals surface area contributed by atoms with Crippen molar-refractivity contribution in [2.45, 2.75) is 6.54 Å². The summed E-state index contributed by atoms with van der Waals surface area (Å²) < 4.78 is 0. The molecule has 0 bridgehead atoms. The molecule has 0 saturated heterocycles. The number of aromatic amines is 1. The molecule has 3 N–H and O–H groups in total. The summed E-state index contributed by atoms with van der Waals surface area (Å²) >= 11 is 0. The minimum Gasteiger partial charge on any atom is -0.345 e. The number of rotatable bonds is 3. The summed E-state index contributed by atoms with van der Waals surface area (Å²) in [7, 11) is 1.59. The summed E-state index contributed by atoms with van der Waals surface area (Å²) in [5, 5.41) is 5.23. The second-order valence-electron chi connectivity index (χ2n) is 3.57. The summed E-state index contributed by atoms with van der Waals surface area (Å²) in [4.78, 5) is 18.2. The maximum atomic E-state index is 11.0. The van der Waals surface area contributed by atoms with Crippen molar-refractivity contribution in [3.63, 3.8) is 0 Å². The summed E-state index contributed by atoms with van der Waals surface area (Å²) in [6, 6.07) is 7.70. The van der Waals surface area contributed by atoms with E-state index in [2.05, 4.69) is 20.6 Å². The van der Waals surface area contributed by atoms with E-state index in [-0.39, 0.29) is 6.03 Å². The van der Waals surface area contributed by atoms with Gasteiger partial charge in [-0.2, -0.15) is 0 Å². The highest BCUT2D eigenvalue weighted by Gasteiger charge is 2.00. The first kappa shape index (κ1) is 11.2. The third-order valence-electron chi connectivity index (χ3n) is 2.41. The van der Waals surface area contributed by atoms with Crippen LogP contribution in [-0.4, -0.2) is 23.0 Å². The van der Waals surface area contributed by atoms with E-state index < -0.39 is 0 Å². The molecule has 1 aromatic heterocycles. The van der Waals surface area contributed by atoms with Gasteiger partial charge in [0.1, 0.15) is 5.82 Å². The highest BCUT2D eigenvalue weighted by molar-refractivity contribution is 5.73. The van der Waals surface area contributed by atoms with Crippen molar-refractivity contribution >= 4 is 6.03 Å². The van der Waals surface area contributed by atoms with Gasteiger partial charge in [-0.3, -0.25) is 0 Å². The van der Waals surface area contributed by atoms with Gasteiger partial charge in [-0.15, -0.1) is 0 Å². The molecule has 1 aromatic carbocycles. The fraction of sp³-hybridized carbons (Fsp3) is 0.167. The first-order valence-electron chi connectivity index (χ1n) is 5.34. The van der Waals surface area contributed by atoms with Gasteiger partial charge in [-0.05, 0) is 5.56 Å². The number of nitrogens with zero attached hydrogens (tertiary/aromatic N) is 1. The van der Waals surface area contributed by atoms with Crippen LogP contribution in [0.15, 0.2) is 36.7 Å². The molecule has 0 aliphatic carbocycles. The Morgan fingerprint density at radius 3 is 2.71 bits per heavy atom. The number of amides is 2. The third-order valence-corrected chi connectivity index (χ3v) is 2.41. The molecule has 88 valence electrons. The van der Waals surface area contributed by atoms with Crippen LogP contribution in [0.1, 0.15) is 5.56 Å². The SMILES string of the molecule is CNC(=O)NCc1ccc(-c2ncc[nH]2)cc1. The number of hydrogen-bond acceptors (Lipinski definition) is 2. The molecule has 0 radical (unpaired) electrons. The van der Waals surface area contributed by atoms with Crippen molar-refractivity contribution in [3.05, 3.63) is 42.2 Å². The molecule has 0 atom stereocenters. The highest BCUT2D eigenvalue weighted by atomic mass is 16.2. The monoisotopic (exact) mass is 230 g/mol. The molecule has 2 aromatic rings. The minimum atomic E-state index is -0.180. The van der Waals surface area contributed by atoms with Crippen LogP contribution in [0.25, 0.3) is 11.4 Å². The molecule has 0 aliphatic heterocycles. The largest absolute Gasteiger partial charge is 0.345 e. The Labute approximate surface area is 99.3 Å². The molecule has 5 nitrogen and oxygen atoms in total. The molecule has 0 aliphatic rings. The van der Waals surface area contributed by atoms with Gasteiger partial charge in [0.15, 0.2) is 0 Å². The van der Waals surface area contributed by atoms with E-state index in [9.17, 15) is 4.79 Å². The molecule has 0 saturated carbocycles. The van der Waals surface area contributed by atoms with Crippen molar-refractivity contribution in [1.82, 2.24) is 20.6 Å². The number of aromatic nitrogens is 2. The molecular formula is C12H14N4O. The van der Waals surface area contributed by atoms with Crippen LogP contribution in [-0.2, 0) is 6.54 Å². The maximum absolute atomic E-state index is 11.0. The van der Waals surface area contributed by atoms with Crippen molar-refractivity contribution in [3.8, 4) is 11.4 Å². The van der Waals surface area contributed by atoms with Crippen LogP contribution in [0.2, 0.25) is 0 Å². The maximum Gasteiger partial charge on any atom is 0.314 e. The molecule has 2 amide bonds. The van der Waals surface area contributed by atoms with Gasteiger partial charge < -0.3 is 15.6 Å². The molecule has 2 rings (SSSR count). The van der Waals surface area contributed by atoms with Crippen molar-refractivity contribution in [2.75, 3.05) is 7.05 Å². The second-order valence-corrected chi connectivity index (χ2v) is 3.57. The van der Waals surface area contributed by atoms with Gasteiger partial charge >= 0.3 is 6.03 Å². The summed E-state index contributed by atoms with van der Waals surface area (Å²) in [5.74, 6) is 0.843. The average molecular weight is 230 g/mol. The van der Waals surface area contributed by atoms with Crippen LogP contribution in [0, 0.1) is 0 Å². The number of urea groups is 1. The van der Waals surface area contributed by atoms with Crippen molar-refractivity contribution in [1.29, 1.82) is 0 Å². The van der Waals surface area contributed by atoms with E-state index in [1.54, 1.807) is 19.4 Å². The van der Waals surface area contributed by atoms with E-state index in [4.69, 9.17) is 0 Å². The molecule has 5 heteroatoms. The fourth-order valence-corrected chi connectivity index (χ4v) is 1.47. The second kappa shape index (κ2) is 5.16. The van der Waals surface area contributed by atoms with Crippen LogP contribution < -0.4 is 10.6 Å². The number of hydrogen-bond donors (Lipinski definition) is 3. The lowest BCUT2D eigenvalue weighted by atomic mass is 10.1. The topological polar surface area (TPSA) is 69.8 Å². The normalized spacial score (nSPS) is 9.94. The van der Waals surface area contributed by atoms with Gasteiger partial charge in [-0.1, -0.05) is 24.3 Å². The van der Waals surface area contributed by atoms with Gasteiger partial charge in [0.2, 0.25) is 0 Å². The molecule has 17 heavy (non-hydrogen) atoms. The minimum absolute atomic E-state index is 0.180. The van der Waals surface area contributed by atoms with Crippen LogP contribution in [0.5, 0.6) is 0 Å². The Kier molecular flexibility index (Phi) is 3.40. The number of nitrogens with one attached hydrogen (secondary N) is 3. The Bertz CT molecular complexity index is 476. The average Bonchev–Trinajstić information content (AvgIpc) is 2.90. The number of benzene rings is 1. The standard InChI is InChI=1S/C12H14N4O/c1-13-12(17)16-8-9-2-4-10(5-3-9)11-14-6-7-15-11/h2-7H,8H2,1H3,(H,14,15)(H2,13,16,17). The molecule has 0 spiro atoms. The number of H-pyrrole nitrogens is 1. The van der Waals surface area contributed by atoms with Crippen LogP contribution in [0.3, 0.4) is 0 Å². The molecule has 0 fully saturated rings. The lowest BCUT2D eigenvalue weighted by Gasteiger charge is -2.05. The lowest BCUT2D eigenvalue weighted by Crippen LogP contribution is -2.32. The third kappa shape index (κ3) is 2.84. The Balaban J connectivity index is 2.01. The predicted octanol–water partition coefficient (Wildman–Crippen LogP) is 1.51. The summed E-state index contributed by atoms with van der Waals surface area (Å²) in [6.45, 7) is 0.512. The molecule has 0 unspecified atom stereocenters. The van der Waals surface area contributed by atoms with Crippen molar-refractivity contribution < 1.29 is 4.79 Å². The smallest absolute Gasteiger partial charge is 0.314 e. The first-order chi connectivity index (χ1) is 8.29. The zero-order valence-corrected chi connectivity index (χ0v) is 9.53. The van der Waals surface area contributed by atoms with Gasteiger partial charge in [0, 0.05) is 31.5 Å². The van der Waals surface area contributed by atoms with E-state index in [1.807, 2.05) is 24.3 Å². The highest BCUT2D eigenvalue weighted by Crippen LogP contribution is 2.14. The predicted molar refractivity (Wildman–Crippen MR) is 65.3 cm³/mol. The number of carbonyl (C=O) groups excluding carboxylic acids is 1. The summed E-state index contributed by atoms with van der Waals surface area (Å²) in [5.41, 5.74) is 2.07. The van der Waals surface area contributed by atoms with E-state index in [1.165, 1.54) is 0 Å².